The molecule has 0 heterocycles. The van der Waals surface area contributed by atoms with Crippen LogP contribution in [0.2, 0.25) is 0 Å². The molecule has 1 amide bonds. The Hall–Kier alpha value is -2.80. The number of benzene rings is 2. The van der Waals surface area contributed by atoms with Gasteiger partial charge in [0.1, 0.15) is 0 Å². The molecule has 0 saturated carbocycles. The van der Waals surface area contributed by atoms with E-state index >= 15 is 0 Å². The van der Waals surface area contributed by atoms with Gasteiger partial charge in [-0.2, -0.15) is 0 Å². The third-order valence-corrected chi connectivity index (χ3v) is 3.92. The highest BCUT2D eigenvalue weighted by molar-refractivity contribution is 7.84. The Labute approximate surface area is 135 Å². The number of nitro benzene ring substituents is 1. The summed E-state index contributed by atoms with van der Waals surface area (Å²) in [7, 11) is -1.06. The van der Waals surface area contributed by atoms with E-state index in [0.29, 0.717) is 16.1 Å². The number of carbonyl (C=O) groups is 1. The SMILES string of the molecule is CS(=O)c1ccc(NC(=O)/C=C/c2ccc([N+](=O)[O-])cc2)cc1. The fourth-order valence-corrected chi connectivity index (χ4v) is 2.31. The lowest BCUT2D eigenvalue weighted by Gasteiger charge is -2.03. The predicted octanol–water partition coefficient (Wildman–Crippen LogP) is 2.98. The lowest BCUT2D eigenvalue weighted by molar-refractivity contribution is -0.384. The van der Waals surface area contributed by atoms with Gasteiger partial charge in [0, 0.05) is 45.8 Å². The number of hydrogen-bond acceptors (Lipinski definition) is 4. The number of hydrogen-bond donors (Lipinski definition) is 1. The molecule has 0 aliphatic rings. The molecular weight excluding hydrogens is 316 g/mol. The molecule has 2 aromatic rings. The highest BCUT2D eigenvalue weighted by Crippen LogP contribution is 2.14. The normalized spacial score (nSPS) is 12.0. The van der Waals surface area contributed by atoms with Gasteiger partial charge in [-0.25, -0.2) is 0 Å². The maximum atomic E-state index is 11.8. The van der Waals surface area contributed by atoms with Gasteiger partial charge in [-0.15, -0.1) is 0 Å². The van der Waals surface area contributed by atoms with Crippen LogP contribution in [-0.4, -0.2) is 21.3 Å². The lowest BCUT2D eigenvalue weighted by Crippen LogP contribution is -2.07. The van der Waals surface area contributed by atoms with Crippen LogP contribution in [0.1, 0.15) is 5.56 Å². The number of nitrogens with one attached hydrogen (secondary N) is 1. The van der Waals surface area contributed by atoms with E-state index in [1.165, 1.54) is 18.2 Å². The van der Waals surface area contributed by atoms with Crippen molar-refractivity contribution in [2.24, 2.45) is 0 Å². The summed E-state index contributed by atoms with van der Waals surface area (Å²) in [5.74, 6) is -0.325. The zero-order chi connectivity index (χ0) is 16.8. The van der Waals surface area contributed by atoms with Crippen molar-refractivity contribution in [3.63, 3.8) is 0 Å². The number of rotatable bonds is 5. The average Bonchev–Trinajstić information content (AvgIpc) is 2.54. The molecule has 0 saturated heterocycles. The fourth-order valence-electron chi connectivity index (χ4n) is 1.79. The van der Waals surface area contributed by atoms with Gasteiger partial charge in [0.05, 0.1) is 4.92 Å². The van der Waals surface area contributed by atoms with Crippen molar-refractivity contribution < 1.29 is 13.9 Å². The Morgan fingerprint density at radius 2 is 1.74 bits per heavy atom. The first-order valence-corrected chi connectivity index (χ1v) is 8.18. The molecule has 1 atom stereocenters. The molecule has 0 aromatic heterocycles. The van der Waals surface area contributed by atoms with Crippen molar-refractivity contribution in [1.82, 2.24) is 0 Å². The minimum absolute atomic E-state index is 0.00000262. The zero-order valence-corrected chi connectivity index (χ0v) is 13.1. The van der Waals surface area contributed by atoms with Crippen LogP contribution in [0, 0.1) is 10.1 Å². The van der Waals surface area contributed by atoms with Crippen molar-refractivity contribution in [2.45, 2.75) is 4.90 Å². The first kappa shape index (κ1) is 16.6. The van der Waals surface area contributed by atoms with Crippen molar-refractivity contribution in [2.75, 3.05) is 11.6 Å². The largest absolute Gasteiger partial charge is 0.323 e. The quantitative estimate of drug-likeness (QED) is 0.518. The molecule has 23 heavy (non-hydrogen) atoms. The molecule has 0 aliphatic carbocycles. The summed E-state index contributed by atoms with van der Waals surface area (Å²) in [4.78, 5) is 22.6. The second-order valence-corrected chi connectivity index (χ2v) is 6.03. The van der Waals surface area contributed by atoms with Gasteiger partial charge in [-0.3, -0.25) is 19.1 Å². The molecule has 0 bridgehead atoms. The van der Waals surface area contributed by atoms with E-state index in [0.717, 1.165) is 0 Å². The monoisotopic (exact) mass is 330 g/mol. The van der Waals surface area contributed by atoms with Gasteiger partial charge in [-0.1, -0.05) is 0 Å². The van der Waals surface area contributed by atoms with Crippen LogP contribution >= 0.6 is 0 Å². The summed E-state index contributed by atoms with van der Waals surface area (Å²) in [5.41, 5.74) is 1.28. The van der Waals surface area contributed by atoms with E-state index in [2.05, 4.69) is 5.32 Å². The minimum Gasteiger partial charge on any atom is -0.323 e. The standard InChI is InChI=1S/C16H14N2O4S/c1-23(22)15-9-5-13(6-10-15)17-16(19)11-4-12-2-7-14(8-3-12)18(20)21/h2-11H,1H3,(H,17,19)/b11-4+. The lowest BCUT2D eigenvalue weighted by atomic mass is 10.2. The second kappa shape index (κ2) is 7.46. The minimum atomic E-state index is -1.06. The van der Waals surface area contributed by atoms with E-state index in [-0.39, 0.29) is 11.6 Å². The molecule has 0 radical (unpaired) electrons. The van der Waals surface area contributed by atoms with E-state index < -0.39 is 15.7 Å². The van der Waals surface area contributed by atoms with Crippen LogP contribution in [0.4, 0.5) is 11.4 Å². The molecule has 2 aromatic carbocycles. The van der Waals surface area contributed by atoms with E-state index in [9.17, 15) is 19.1 Å². The molecule has 2 rings (SSSR count). The summed E-state index contributed by atoms with van der Waals surface area (Å²) < 4.78 is 11.3. The smallest absolute Gasteiger partial charge is 0.269 e. The Kier molecular flexibility index (Phi) is 5.37. The fraction of sp³-hybridized carbons (Fsp3) is 0.0625. The third-order valence-electron chi connectivity index (χ3n) is 2.98. The molecule has 1 N–H and O–H groups in total. The molecule has 118 valence electrons. The Morgan fingerprint density at radius 1 is 1.13 bits per heavy atom. The topological polar surface area (TPSA) is 89.3 Å². The number of amides is 1. The van der Waals surface area contributed by atoms with Gasteiger partial charge in [0.25, 0.3) is 5.69 Å². The second-order valence-electron chi connectivity index (χ2n) is 4.65. The number of nitrogens with zero attached hydrogens (tertiary/aromatic N) is 1. The van der Waals surface area contributed by atoms with Crippen LogP contribution in [0.5, 0.6) is 0 Å². The van der Waals surface area contributed by atoms with E-state index in [1.54, 1.807) is 48.7 Å². The predicted molar refractivity (Wildman–Crippen MR) is 89.5 cm³/mol. The van der Waals surface area contributed by atoms with Crippen LogP contribution < -0.4 is 5.32 Å². The van der Waals surface area contributed by atoms with Crippen LogP contribution in [0.15, 0.2) is 59.5 Å². The molecule has 0 spiro atoms. The molecular formula is C16H14N2O4S. The maximum Gasteiger partial charge on any atom is 0.269 e. The average molecular weight is 330 g/mol. The molecule has 0 aliphatic heterocycles. The first-order chi connectivity index (χ1) is 11.0. The van der Waals surface area contributed by atoms with Gasteiger partial charge in [0.2, 0.25) is 5.91 Å². The molecule has 6 nitrogen and oxygen atoms in total. The van der Waals surface area contributed by atoms with E-state index in [4.69, 9.17) is 0 Å². The summed E-state index contributed by atoms with van der Waals surface area (Å²) in [6, 6.07) is 12.6. The van der Waals surface area contributed by atoms with Crippen molar-refractivity contribution >= 4 is 34.2 Å². The highest BCUT2D eigenvalue weighted by Gasteiger charge is 2.03. The van der Waals surface area contributed by atoms with E-state index in [1.807, 2.05) is 0 Å². The molecule has 1 unspecified atom stereocenters. The summed E-state index contributed by atoms with van der Waals surface area (Å²) >= 11 is 0. The van der Waals surface area contributed by atoms with Gasteiger partial charge < -0.3 is 5.32 Å². The maximum absolute atomic E-state index is 11.8. The Morgan fingerprint density at radius 3 is 2.26 bits per heavy atom. The van der Waals surface area contributed by atoms with Crippen molar-refractivity contribution in [3.05, 3.63) is 70.3 Å². The van der Waals surface area contributed by atoms with Gasteiger partial charge in [-0.05, 0) is 48.0 Å². The van der Waals surface area contributed by atoms with Crippen LogP contribution in [-0.2, 0) is 15.6 Å². The molecule has 7 heteroatoms. The van der Waals surface area contributed by atoms with Crippen molar-refractivity contribution in [1.29, 1.82) is 0 Å². The summed E-state index contributed by atoms with van der Waals surface area (Å²) in [5, 5.41) is 13.2. The number of nitro groups is 1. The number of carbonyl (C=O) groups excluding carboxylic acids is 1. The third kappa shape index (κ3) is 4.86. The summed E-state index contributed by atoms with van der Waals surface area (Å²) in [6.07, 6.45) is 4.49. The van der Waals surface area contributed by atoms with Crippen LogP contribution in [0.3, 0.4) is 0 Å². The Bertz CT molecular complexity index is 768. The van der Waals surface area contributed by atoms with Gasteiger partial charge in [0.15, 0.2) is 0 Å². The van der Waals surface area contributed by atoms with Crippen LogP contribution in [0.25, 0.3) is 6.08 Å². The van der Waals surface area contributed by atoms with Crippen molar-refractivity contribution in [3.8, 4) is 0 Å². The number of non-ortho nitro benzene ring substituents is 1. The first-order valence-electron chi connectivity index (χ1n) is 6.63. The summed E-state index contributed by atoms with van der Waals surface area (Å²) in [6.45, 7) is 0. The zero-order valence-electron chi connectivity index (χ0n) is 12.3. The highest BCUT2D eigenvalue weighted by atomic mass is 32.2. The molecule has 0 fully saturated rings. The number of anilines is 1. The van der Waals surface area contributed by atoms with Gasteiger partial charge >= 0.3 is 0 Å². The Balaban J connectivity index is 1.98.